The van der Waals surface area contributed by atoms with Gasteiger partial charge in [0.05, 0.1) is 6.61 Å². The van der Waals surface area contributed by atoms with Crippen LogP contribution in [0.3, 0.4) is 0 Å². The zero-order valence-electron chi connectivity index (χ0n) is 15.2. The molecular weight excluding hydrogens is 340 g/mol. The molecule has 0 aliphatic heterocycles. The second-order valence-corrected chi connectivity index (χ2v) is 6.08. The summed E-state index contributed by atoms with van der Waals surface area (Å²) in [6.07, 6.45) is -0.763. The van der Waals surface area contributed by atoms with Crippen molar-refractivity contribution < 1.29 is 19.4 Å². The summed E-state index contributed by atoms with van der Waals surface area (Å²) < 4.78 is 11.3. The summed E-state index contributed by atoms with van der Waals surface area (Å²) in [5.41, 5.74) is 2.97. The molecule has 0 aliphatic carbocycles. The second kappa shape index (κ2) is 8.90. The molecule has 0 saturated heterocycles. The van der Waals surface area contributed by atoms with Gasteiger partial charge in [0, 0.05) is 6.42 Å². The summed E-state index contributed by atoms with van der Waals surface area (Å²) in [5, 5.41) is 9.58. The van der Waals surface area contributed by atoms with Gasteiger partial charge in [0.15, 0.2) is 6.10 Å². The lowest BCUT2D eigenvalue weighted by atomic mass is 10.1. The maximum atomic E-state index is 11.7. The van der Waals surface area contributed by atoms with E-state index in [0.717, 1.165) is 16.7 Å². The van der Waals surface area contributed by atoms with Crippen molar-refractivity contribution in [1.29, 1.82) is 0 Å². The zero-order valence-corrected chi connectivity index (χ0v) is 15.2. The number of para-hydroxylation sites is 1. The smallest absolute Gasteiger partial charge is 0.345 e. The average Bonchev–Trinajstić information content (AvgIpc) is 2.70. The van der Waals surface area contributed by atoms with Crippen LogP contribution in [0.25, 0.3) is 11.1 Å². The van der Waals surface area contributed by atoms with Crippen molar-refractivity contribution in [2.75, 3.05) is 6.61 Å². The molecule has 3 aromatic carbocycles. The van der Waals surface area contributed by atoms with Crippen LogP contribution in [0.5, 0.6) is 11.5 Å². The molecule has 0 aliphatic rings. The van der Waals surface area contributed by atoms with Crippen molar-refractivity contribution in [3.63, 3.8) is 0 Å². The molecule has 138 valence electrons. The van der Waals surface area contributed by atoms with E-state index in [1.54, 1.807) is 12.1 Å². The normalized spacial score (nSPS) is 11.6. The lowest BCUT2D eigenvalue weighted by Gasteiger charge is -2.17. The SMILES string of the molecule is CCOc1ccccc1C[C@@H](Oc1ccc(-c2ccccc2)cc1)C(=O)O. The number of hydrogen-bond donors (Lipinski definition) is 1. The molecule has 27 heavy (non-hydrogen) atoms. The molecule has 0 fully saturated rings. The van der Waals surface area contributed by atoms with E-state index in [2.05, 4.69) is 0 Å². The van der Waals surface area contributed by atoms with Crippen LogP contribution in [-0.4, -0.2) is 23.8 Å². The van der Waals surface area contributed by atoms with Crippen LogP contribution in [0.1, 0.15) is 12.5 Å². The molecule has 3 rings (SSSR count). The van der Waals surface area contributed by atoms with Crippen molar-refractivity contribution >= 4 is 5.97 Å². The molecular formula is C23H22O4. The maximum Gasteiger partial charge on any atom is 0.345 e. The Morgan fingerprint density at radius 3 is 2.19 bits per heavy atom. The molecule has 0 amide bonds. The van der Waals surface area contributed by atoms with Crippen LogP contribution < -0.4 is 9.47 Å². The molecule has 0 heterocycles. The van der Waals surface area contributed by atoms with Crippen LogP contribution in [0.2, 0.25) is 0 Å². The molecule has 1 N–H and O–H groups in total. The number of ether oxygens (including phenoxy) is 2. The lowest BCUT2D eigenvalue weighted by molar-refractivity contribution is -0.145. The number of carboxylic acid groups (broad SMARTS) is 1. The molecule has 0 bridgehead atoms. The first kappa shape index (κ1) is 18.5. The van der Waals surface area contributed by atoms with Gasteiger partial charge in [-0.2, -0.15) is 0 Å². The molecule has 0 unspecified atom stereocenters. The largest absolute Gasteiger partial charge is 0.494 e. The van der Waals surface area contributed by atoms with Crippen molar-refractivity contribution in [3.8, 4) is 22.6 Å². The van der Waals surface area contributed by atoms with Gasteiger partial charge in [0.1, 0.15) is 11.5 Å². The van der Waals surface area contributed by atoms with E-state index in [9.17, 15) is 9.90 Å². The Balaban J connectivity index is 1.74. The first-order valence-corrected chi connectivity index (χ1v) is 8.93. The molecule has 3 aromatic rings. The fourth-order valence-electron chi connectivity index (χ4n) is 2.87. The Morgan fingerprint density at radius 1 is 0.889 bits per heavy atom. The Kier molecular flexibility index (Phi) is 6.10. The zero-order chi connectivity index (χ0) is 19.1. The molecule has 0 saturated carbocycles. The van der Waals surface area contributed by atoms with Crippen LogP contribution in [0, 0.1) is 0 Å². The van der Waals surface area contributed by atoms with E-state index >= 15 is 0 Å². The van der Waals surface area contributed by atoms with Crippen molar-refractivity contribution in [2.45, 2.75) is 19.4 Å². The predicted octanol–water partition coefficient (Wildman–Crippen LogP) is 4.83. The predicted molar refractivity (Wildman–Crippen MR) is 105 cm³/mol. The first-order chi connectivity index (χ1) is 13.2. The van der Waals surface area contributed by atoms with Crippen LogP contribution in [0.4, 0.5) is 0 Å². The highest BCUT2D eigenvalue weighted by Gasteiger charge is 2.22. The average molecular weight is 362 g/mol. The minimum absolute atomic E-state index is 0.228. The molecule has 1 atom stereocenters. The van der Waals surface area contributed by atoms with Gasteiger partial charge < -0.3 is 14.6 Å². The number of rotatable bonds is 8. The fourth-order valence-corrected chi connectivity index (χ4v) is 2.87. The van der Waals surface area contributed by atoms with Gasteiger partial charge in [-0.3, -0.25) is 0 Å². The van der Waals surface area contributed by atoms with Gasteiger partial charge in [-0.05, 0) is 41.8 Å². The second-order valence-electron chi connectivity index (χ2n) is 6.08. The van der Waals surface area contributed by atoms with Gasteiger partial charge in [-0.25, -0.2) is 4.79 Å². The van der Waals surface area contributed by atoms with Gasteiger partial charge in [0.2, 0.25) is 0 Å². The third-order valence-corrected chi connectivity index (χ3v) is 4.19. The van der Waals surface area contributed by atoms with E-state index < -0.39 is 12.1 Å². The Hall–Kier alpha value is -3.27. The van der Waals surface area contributed by atoms with E-state index in [0.29, 0.717) is 18.1 Å². The molecule has 4 nitrogen and oxygen atoms in total. The van der Waals surface area contributed by atoms with E-state index in [1.807, 2.05) is 73.7 Å². The summed E-state index contributed by atoms with van der Waals surface area (Å²) >= 11 is 0. The monoisotopic (exact) mass is 362 g/mol. The number of carboxylic acids is 1. The van der Waals surface area contributed by atoms with Crippen molar-refractivity contribution in [3.05, 3.63) is 84.4 Å². The summed E-state index contributed by atoms with van der Waals surface area (Å²) in [5.74, 6) is 0.207. The topological polar surface area (TPSA) is 55.8 Å². The molecule has 4 heteroatoms. The highest BCUT2D eigenvalue weighted by molar-refractivity contribution is 5.73. The van der Waals surface area contributed by atoms with Crippen LogP contribution in [-0.2, 0) is 11.2 Å². The number of carbonyl (C=O) groups is 1. The standard InChI is InChI=1S/C23H22O4/c1-2-26-21-11-7-6-10-19(21)16-22(23(24)25)27-20-14-12-18(13-15-20)17-8-4-3-5-9-17/h3-15,22H,2,16H2,1H3,(H,24,25)/t22-/m1/s1. The summed E-state index contributed by atoms with van der Waals surface area (Å²) in [7, 11) is 0. The highest BCUT2D eigenvalue weighted by Crippen LogP contribution is 2.25. The minimum atomic E-state index is -1.01. The number of aliphatic carboxylic acids is 1. The summed E-state index contributed by atoms with van der Waals surface area (Å²) in [6, 6.07) is 24.9. The minimum Gasteiger partial charge on any atom is -0.494 e. The molecule has 0 radical (unpaired) electrons. The van der Waals surface area contributed by atoms with Gasteiger partial charge in [-0.15, -0.1) is 0 Å². The Labute approximate surface area is 159 Å². The van der Waals surface area contributed by atoms with Crippen LogP contribution >= 0.6 is 0 Å². The van der Waals surface area contributed by atoms with Gasteiger partial charge in [-0.1, -0.05) is 60.7 Å². The van der Waals surface area contributed by atoms with E-state index in [4.69, 9.17) is 9.47 Å². The lowest BCUT2D eigenvalue weighted by Crippen LogP contribution is -2.29. The van der Waals surface area contributed by atoms with Crippen molar-refractivity contribution in [2.24, 2.45) is 0 Å². The quantitative estimate of drug-likeness (QED) is 0.624. The number of hydrogen-bond acceptors (Lipinski definition) is 3. The molecule has 0 aromatic heterocycles. The van der Waals surface area contributed by atoms with E-state index in [1.165, 1.54) is 0 Å². The highest BCUT2D eigenvalue weighted by atomic mass is 16.5. The number of benzene rings is 3. The van der Waals surface area contributed by atoms with Gasteiger partial charge >= 0.3 is 5.97 Å². The first-order valence-electron chi connectivity index (χ1n) is 8.93. The van der Waals surface area contributed by atoms with Crippen LogP contribution in [0.15, 0.2) is 78.9 Å². The molecule has 0 spiro atoms. The van der Waals surface area contributed by atoms with Gasteiger partial charge in [0.25, 0.3) is 0 Å². The summed E-state index contributed by atoms with van der Waals surface area (Å²) in [4.78, 5) is 11.7. The third kappa shape index (κ3) is 4.88. The maximum absolute atomic E-state index is 11.7. The third-order valence-electron chi connectivity index (χ3n) is 4.19. The van der Waals surface area contributed by atoms with Crippen molar-refractivity contribution in [1.82, 2.24) is 0 Å². The fraction of sp³-hybridized carbons (Fsp3) is 0.174. The Bertz CT molecular complexity index is 872. The summed E-state index contributed by atoms with van der Waals surface area (Å²) in [6.45, 7) is 2.42. The van der Waals surface area contributed by atoms with E-state index in [-0.39, 0.29) is 6.42 Å². The Morgan fingerprint density at radius 2 is 1.52 bits per heavy atom.